The highest BCUT2D eigenvalue weighted by molar-refractivity contribution is 6.73. The number of anilines is 2. The Morgan fingerprint density at radius 3 is 2.35 bits per heavy atom. The lowest BCUT2D eigenvalue weighted by molar-refractivity contribution is 0.619. The number of para-hydroxylation sites is 1. The van der Waals surface area contributed by atoms with Gasteiger partial charge in [-0.2, -0.15) is 0 Å². The van der Waals surface area contributed by atoms with Crippen molar-refractivity contribution in [2.45, 2.75) is 13.8 Å². The lowest BCUT2D eigenvalue weighted by atomic mass is 9.58. The summed E-state index contributed by atoms with van der Waals surface area (Å²) in [6, 6.07) is 47.6. The standard InChI is InChI=1S/C43H30BN3O/c1-25-16-19-29(20-17-25)45-35-15-9-8-14-31(35)33-22-26(2)39-32-21-18-27-10-6-7-13-30(27)41(32)47-37-24-38-36(23-34(37)44-40(33)42(39)47)46-43(48-38)28-11-4-3-5-12-28/h3-24,44-45H,1-2H3. The van der Waals surface area contributed by atoms with Gasteiger partial charge in [0.05, 0.1) is 5.52 Å². The van der Waals surface area contributed by atoms with E-state index in [2.05, 4.69) is 127 Å². The van der Waals surface area contributed by atoms with Gasteiger partial charge in [0.1, 0.15) is 5.52 Å². The highest BCUT2D eigenvalue weighted by Crippen LogP contribution is 2.42. The molecule has 1 N–H and O–H groups in total. The van der Waals surface area contributed by atoms with Gasteiger partial charge in [-0.05, 0) is 72.2 Å². The number of fused-ring (bicyclic) bond motifs is 8. The van der Waals surface area contributed by atoms with Crippen molar-refractivity contribution in [3.63, 3.8) is 0 Å². The first kappa shape index (κ1) is 27.1. The predicted octanol–water partition coefficient (Wildman–Crippen LogP) is 9.47. The number of oxazole rings is 1. The molecule has 10 rings (SSSR count). The fraction of sp³-hybridized carbons (Fsp3) is 0.0465. The van der Waals surface area contributed by atoms with Crippen LogP contribution in [-0.2, 0) is 0 Å². The number of aromatic nitrogens is 2. The summed E-state index contributed by atoms with van der Waals surface area (Å²) in [7, 11) is 0.790. The molecule has 0 aliphatic carbocycles. The first-order chi connectivity index (χ1) is 23.6. The van der Waals surface area contributed by atoms with E-state index in [1.165, 1.54) is 65.8 Å². The molecule has 48 heavy (non-hydrogen) atoms. The molecule has 3 heterocycles. The molecule has 226 valence electrons. The highest BCUT2D eigenvalue weighted by Gasteiger charge is 2.29. The van der Waals surface area contributed by atoms with Crippen molar-refractivity contribution < 1.29 is 4.42 Å². The first-order valence-corrected chi connectivity index (χ1v) is 16.5. The van der Waals surface area contributed by atoms with Gasteiger partial charge in [-0.25, -0.2) is 4.98 Å². The summed E-state index contributed by atoms with van der Waals surface area (Å²) in [5, 5.41) is 8.80. The van der Waals surface area contributed by atoms with Crippen molar-refractivity contribution in [2.24, 2.45) is 0 Å². The molecular formula is C43H30BN3O. The summed E-state index contributed by atoms with van der Waals surface area (Å²) in [4.78, 5) is 4.97. The average Bonchev–Trinajstić information content (AvgIpc) is 3.71. The molecular weight excluding hydrogens is 585 g/mol. The summed E-state index contributed by atoms with van der Waals surface area (Å²) in [6.45, 7) is 4.38. The normalized spacial score (nSPS) is 12.1. The third kappa shape index (κ3) is 4.01. The van der Waals surface area contributed by atoms with Gasteiger partial charge < -0.3 is 14.3 Å². The maximum Gasteiger partial charge on any atom is 0.227 e. The minimum atomic E-state index is 0.645. The van der Waals surface area contributed by atoms with E-state index in [4.69, 9.17) is 9.40 Å². The van der Waals surface area contributed by atoms with Crippen LogP contribution in [0, 0.1) is 13.8 Å². The summed E-state index contributed by atoms with van der Waals surface area (Å²) < 4.78 is 8.96. The molecule has 9 aromatic rings. The maximum absolute atomic E-state index is 6.44. The van der Waals surface area contributed by atoms with E-state index < -0.39 is 0 Å². The Bertz CT molecular complexity index is 2740. The molecule has 5 heteroatoms. The molecule has 0 bridgehead atoms. The van der Waals surface area contributed by atoms with Gasteiger partial charge >= 0.3 is 0 Å². The zero-order chi connectivity index (χ0) is 31.9. The predicted molar refractivity (Wildman–Crippen MR) is 202 cm³/mol. The van der Waals surface area contributed by atoms with Crippen LogP contribution >= 0.6 is 0 Å². The Kier molecular flexibility index (Phi) is 5.77. The Hall–Kier alpha value is -6.07. The van der Waals surface area contributed by atoms with Crippen LogP contribution in [0.3, 0.4) is 0 Å². The lowest BCUT2D eigenvalue weighted by Crippen LogP contribution is -2.37. The molecule has 2 aromatic heterocycles. The quantitative estimate of drug-likeness (QED) is 0.201. The highest BCUT2D eigenvalue weighted by atomic mass is 16.3. The second kappa shape index (κ2) is 10.2. The van der Waals surface area contributed by atoms with E-state index >= 15 is 0 Å². The van der Waals surface area contributed by atoms with Crippen LogP contribution in [0.5, 0.6) is 0 Å². The fourth-order valence-electron chi connectivity index (χ4n) is 7.77. The third-order valence-corrected chi connectivity index (χ3v) is 9.99. The van der Waals surface area contributed by atoms with Crippen LogP contribution in [0.25, 0.3) is 71.9 Å². The minimum absolute atomic E-state index is 0.645. The number of hydrogen-bond donors (Lipinski definition) is 1. The fourth-order valence-corrected chi connectivity index (χ4v) is 7.77. The van der Waals surface area contributed by atoms with Crippen LogP contribution in [-0.4, -0.2) is 16.8 Å². The SMILES string of the molecule is Cc1ccc(Nc2ccccc2-c2cc(C)c3c4ccc5ccccc5c4n4c3c2Bc2cc3nc(-c5ccccc5)oc3cc2-4)cc1. The van der Waals surface area contributed by atoms with Crippen LogP contribution in [0.4, 0.5) is 11.4 Å². The summed E-state index contributed by atoms with van der Waals surface area (Å²) in [6.07, 6.45) is 0. The van der Waals surface area contributed by atoms with Gasteiger partial charge in [-0.3, -0.25) is 0 Å². The van der Waals surface area contributed by atoms with E-state index in [-0.39, 0.29) is 0 Å². The van der Waals surface area contributed by atoms with Gasteiger partial charge in [0.25, 0.3) is 0 Å². The molecule has 0 fully saturated rings. The van der Waals surface area contributed by atoms with Crippen LogP contribution in [0.15, 0.2) is 138 Å². The summed E-state index contributed by atoms with van der Waals surface area (Å²) in [5.41, 5.74) is 16.0. The second-order valence-electron chi connectivity index (χ2n) is 13.0. The zero-order valence-corrected chi connectivity index (χ0v) is 26.7. The van der Waals surface area contributed by atoms with Crippen molar-refractivity contribution in [1.82, 2.24) is 9.55 Å². The number of nitrogens with zero attached hydrogens (tertiary/aromatic N) is 2. The van der Waals surface area contributed by atoms with E-state index in [1.807, 2.05) is 30.3 Å². The molecule has 0 saturated carbocycles. The number of nitrogens with one attached hydrogen (secondary N) is 1. The van der Waals surface area contributed by atoms with Gasteiger partial charge in [-0.1, -0.05) is 102 Å². The van der Waals surface area contributed by atoms with Gasteiger partial charge in [-0.15, -0.1) is 0 Å². The number of hydrogen-bond acceptors (Lipinski definition) is 3. The van der Waals surface area contributed by atoms with Gasteiger partial charge in [0.15, 0.2) is 12.9 Å². The van der Waals surface area contributed by atoms with E-state index in [0.717, 1.165) is 41.0 Å². The number of aryl methyl sites for hydroxylation is 2. The van der Waals surface area contributed by atoms with E-state index in [0.29, 0.717) is 5.89 Å². The van der Waals surface area contributed by atoms with Crippen molar-refractivity contribution >= 4 is 73.3 Å². The Morgan fingerprint density at radius 1 is 0.688 bits per heavy atom. The first-order valence-electron chi connectivity index (χ1n) is 16.5. The van der Waals surface area contributed by atoms with Gasteiger partial charge in [0, 0.05) is 55.9 Å². The van der Waals surface area contributed by atoms with Crippen LogP contribution in [0.1, 0.15) is 11.1 Å². The summed E-state index contributed by atoms with van der Waals surface area (Å²) in [5.74, 6) is 0.645. The van der Waals surface area contributed by atoms with Crippen molar-refractivity contribution in [3.05, 3.63) is 145 Å². The number of benzene rings is 7. The van der Waals surface area contributed by atoms with E-state index in [1.54, 1.807) is 0 Å². The van der Waals surface area contributed by atoms with Crippen LogP contribution in [0.2, 0.25) is 0 Å². The molecule has 0 amide bonds. The Balaban J connectivity index is 1.28. The lowest BCUT2D eigenvalue weighted by Gasteiger charge is -2.24. The Morgan fingerprint density at radius 2 is 1.48 bits per heavy atom. The molecule has 1 aliphatic heterocycles. The molecule has 7 aromatic carbocycles. The van der Waals surface area contributed by atoms with Crippen LogP contribution < -0.4 is 16.2 Å². The third-order valence-electron chi connectivity index (χ3n) is 9.99. The molecule has 0 spiro atoms. The molecule has 0 saturated heterocycles. The molecule has 1 aliphatic rings. The summed E-state index contributed by atoms with van der Waals surface area (Å²) >= 11 is 0. The minimum Gasteiger partial charge on any atom is -0.436 e. The van der Waals surface area contributed by atoms with Gasteiger partial charge in [0.2, 0.25) is 5.89 Å². The second-order valence-corrected chi connectivity index (χ2v) is 13.0. The molecule has 0 atom stereocenters. The van der Waals surface area contributed by atoms with E-state index in [9.17, 15) is 0 Å². The molecule has 0 radical (unpaired) electrons. The smallest absolute Gasteiger partial charge is 0.227 e. The average molecular weight is 616 g/mol. The number of rotatable bonds is 4. The zero-order valence-electron chi connectivity index (χ0n) is 26.7. The Labute approximate surface area is 278 Å². The van der Waals surface area contributed by atoms with Crippen molar-refractivity contribution in [3.8, 4) is 28.3 Å². The topological polar surface area (TPSA) is 43.0 Å². The maximum atomic E-state index is 6.44. The van der Waals surface area contributed by atoms with Crippen molar-refractivity contribution in [1.29, 1.82) is 0 Å². The monoisotopic (exact) mass is 615 g/mol. The molecule has 4 nitrogen and oxygen atoms in total. The van der Waals surface area contributed by atoms with Crippen molar-refractivity contribution in [2.75, 3.05) is 5.32 Å². The molecule has 0 unspecified atom stereocenters. The largest absolute Gasteiger partial charge is 0.436 e.